The van der Waals surface area contributed by atoms with Crippen LogP contribution in [0.5, 0.6) is 0 Å². The molecule has 3 rings (SSSR count). The van der Waals surface area contributed by atoms with Crippen molar-refractivity contribution in [1.82, 2.24) is 19.8 Å². The van der Waals surface area contributed by atoms with Crippen LogP contribution in [0.3, 0.4) is 0 Å². The monoisotopic (exact) mass is 309 g/mol. The van der Waals surface area contributed by atoms with Gasteiger partial charge in [-0.15, -0.1) is 15.3 Å². The molecule has 0 spiro atoms. The predicted molar refractivity (Wildman–Crippen MR) is 72.7 cm³/mol. The zero-order valence-corrected chi connectivity index (χ0v) is 11.6. The van der Waals surface area contributed by atoms with E-state index in [1.807, 2.05) is 0 Å². The fourth-order valence-corrected chi connectivity index (χ4v) is 2.05. The minimum atomic E-state index is -2.75. The molecule has 22 heavy (non-hydrogen) atoms. The normalized spacial score (nSPS) is 12.9. The van der Waals surface area contributed by atoms with Gasteiger partial charge in [-0.25, -0.2) is 8.78 Å². The van der Waals surface area contributed by atoms with Gasteiger partial charge in [-0.3, -0.25) is 0 Å². The Kier molecular flexibility index (Phi) is 3.96. The molecule has 0 aliphatic carbocycles. The fourth-order valence-electron chi connectivity index (χ4n) is 2.05. The molecule has 0 bridgehead atoms. The molecule has 1 N–H and O–H groups in total. The lowest BCUT2D eigenvalue weighted by Crippen LogP contribution is -2.17. The lowest BCUT2D eigenvalue weighted by Gasteiger charge is -2.16. The minimum Gasteiger partial charge on any atom is -0.467 e. The van der Waals surface area contributed by atoms with Gasteiger partial charge >= 0.3 is 0 Å². The second-order valence-electron chi connectivity index (χ2n) is 4.52. The first-order valence-electron chi connectivity index (χ1n) is 6.48. The standard InChI is InChI=1S/C13H13F2N5O2/c1-21-7-8(9-3-2-6-22-9)16-10-4-5-11-17-18-13(12(14)15)20(11)19-10/h2-6,8,12H,7H2,1H3,(H,16,19). The van der Waals surface area contributed by atoms with Crippen molar-refractivity contribution in [2.24, 2.45) is 0 Å². The van der Waals surface area contributed by atoms with Crippen molar-refractivity contribution in [3.05, 3.63) is 42.1 Å². The summed E-state index contributed by atoms with van der Waals surface area (Å²) in [6.07, 6.45) is -1.21. The Hall–Kier alpha value is -2.55. The summed E-state index contributed by atoms with van der Waals surface area (Å²) < 4.78 is 37.2. The van der Waals surface area contributed by atoms with Crippen LogP contribution < -0.4 is 5.32 Å². The highest BCUT2D eigenvalue weighted by molar-refractivity contribution is 5.45. The number of anilines is 1. The molecule has 0 amide bonds. The van der Waals surface area contributed by atoms with E-state index in [2.05, 4.69) is 20.6 Å². The summed E-state index contributed by atoms with van der Waals surface area (Å²) >= 11 is 0. The Morgan fingerprint density at radius 2 is 2.18 bits per heavy atom. The van der Waals surface area contributed by atoms with Crippen LogP contribution in [0.15, 0.2) is 34.9 Å². The number of alkyl halides is 2. The zero-order chi connectivity index (χ0) is 15.5. The van der Waals surface area contributed by atoms with Gasteiger partial charge in [-0.05, 0) is 24.3 Å². The zero-order valence-electron chi connectivity index (χ0n) is 11.6. The first kappa shape index (κ1) is 14.4. The van der Waals surface area contributed by atoms with E-state index in [9.17, 15) is 8.78 Å². The first-order valence-corrected chi connectivity index (χ1v) is 6.48. The van der Waals surface area contributed by atoms with E-state index in [0.717, 1.165) is 4.52 Å². The van der Waals surface area contributed by atoms with Crippen LogP contribution in [0, 0.1) is 0 Å². The van der Waals surface area contributed by atoms with Gasteiger partial charge in [-0.2, -0.15) is 4.52 Å². The highest BCUT2D eigenvalue weighted by Gasteiger charge is 2.19. The fraction of sp³-hybridized carbons (Fsp3) is 0.308. The molecule has 3 heterocycles. The lowest BCUT2D eigenvalue weighted by atomic mass is 10.2. The van der Waals surface area contributed by atoms with Crippen molar-refractivity contribution < 1.29 is 17.9 Å². The number of nitrogens with zero attached hydrogens (tertiary/aromatic N) is 4. The average Bonchev–Trinajstić information content (AvgIpc) is 3.16. The number of fused-ring (bicyclic) bond motifs is 1. The summed E-state index contributed by atoms with van der Waals surface area (Å²) in [6, 6.07) is 6.44. The maximum Gasteiger partial charge on any atom is 0.299 e. The number of rotatable bonds is 6. The third-order valence-corrected chi connectivity index (χ3v) is 3.02. The van der Waals surface area contributed by atoms with Gasteiger partial charge in [-0.1, -0.05) is 0 Å². The molecule has 0 aromatic carbocycles. The van der Waals surface area contributed by atoms with Gasteiger partial charge in [0.05, 0.1) is 12.9 Å². The van der Waals surface area contributed by atoms with Gasteiger partial charge < -0.3 is 14.5 Å². The van der Waals surface area contributed by atoms with E-state index in [1.165, 1.54) is 0 Å². The van der Waals surface area contributed by atoms with Crippen LogP contribution in [0.1, 0.15) is 24.1 Å². The number of nitrogens with one attached hydrogen (secondary N) is 1. The van der Waals surface area contributed by atoms with Crippen LogP contribution in [0.2, 0.25) is 0 Å². The quantitative estimate of drug-likeness (QED) is 0.753. The number of aromatic nitrogens is 4. The van der Waals surface area contributed by atoms with Crippen molar-refractivity contribution in [1.29, 1.82) is 0 Å². The number of hydrogen-bond acceptors (Lipinski definition) is 6. The van der Waals surface area contributed by atoms with E-state index in [4.69, 9.17) is 9.15 Å². The lowest BCUT2D eigenvalue weighted by molar-refractivity contribution is 0.137. The van der Waals surface area contributed by atoms with Gasteiger partial charge in [0.2, 0.25) is 5.82 Å². The van der Waals surface area contributed by atoms with Crippen LogP contribution in [0.4, 0.5) is 14.6 Å². The maximum atomic E-state index is 12.8. The number of hydrogen-bond donors (Lipinski definition) is 1. The second-order valence-corrected chi connectivity index (χ2v) is 4.52. The Balaban J connectivity index is 1.90. The number of methoxy groups -OCH3 is 1. The third-order valence-electron chi connectivity index (χ3n) is 3.02. The highest BCUT2D eigenvalue weighted by atomic mass is 19.3. The Labute approximate surface area is 123 Å². The molecule has 3 aromatic rings. The summed E-state index contributed by atoms with van der Waals surface area (Å²) in [6.45, 7) is 0.330. The van der Waals surface area contributed by atoms with Crippen molar-refractivity contribution in [2.45, 2.75) is 12.5 Å². The Morgan fingerprint density at radius 3 is 2.86 bits per heavy atom. The van der Waals surface area contributed by atoms with Crippen molar-refractivity contribution in [3.63, 3.8) is 0 Å². The van der Waals surface area contributed by atoms with Crippen molar-refractivity contribution in [2.75, 3.05) is 19.0 Å². The molecule has 3 aromatic heterocycles. The molecule has 0 aliphatic rings. The Morgan fingerprint density at radius 1 is 1.32 bits per heavy atom. The number of furan rings is 1. The molecular formula is C13H13F2N5O2. The molecular weight excluding hydrogens is 296 g/mol. The number of halogens is 2. The average molecular weight is 309 g/mol. The second kappa shape index (κ2) is 6.06. The van der Waals surface area contributed by atoms with Crippen LogP contribution >= 0.6 is 0 Å². The first-order chi connectivity index (χ1) is 10.7. The molecule has 0 saturated carbocycles. The highest BCUT2D eigenvalue weighted by Crippen LogP contribution is 2.21. The van der Waals surface area contributed by atoms with E-state index < -0.39 is 12.2 Å². The molecule has 7 nitrogen and oxygen atoms in total. The summed E-state index contributed by atoms with van der Waals surface area (Å²) in [5.74, 6) is 0.536. The van der Waals surface area contributed by atoms with Gasteiger partial charge in [0, 0.05) is 7.11 Å². The largest absolute Gasteiger partial charge is 0.467 e. The topological polar surface area (TPSA) is 77.5 Å². The maximum absolute atomic E-state index is 12.8. The third kappa shape index (κ3) is 2.75. The van der Waals surface area contributed by atoms with Gasteiger partial charge in [0.15, 0.2) is 5.65 Å². The smallest absolute Gasteiger partial charge is 0.299 e. The minimum absolute atomic E-state index is 0.252. The predicted octanol–water partition coefficient (Wildman–Crippen LogP) is 2.45. The van der Waals surface area contributed by atoms with E-state index in [0.29, 0.717) is 18.2 Å². The molecule has 0 aliphatic heterocycles. The molecule has 0 fully saturated rings. The van der Waals surface area contributed by atoms with Gasteiger partial charge in [0.1, 0.15) is 17.6 Å². The van der Waals surface area contributed by atoms with E-state index in [-0.39, 0.29) is 11.7 Å². The summed E-state index contributed by atoms with van der Waals surface area (Å²) in [4.78, 5) is 0. The molecule has 0 radical (unpaired) electrons. The SMILES string of the molecule is COCC(Nc1ccc2nnc(C(F)F)n2n1)c1ccco1. The molecule has 0 saturated heterocycles. The van der Waals surface area contributed by atoms with Crippen LogP contribution in [-0.4, -0.2) is 33.5 Å². The number of ether oxygens (including phenoxy) is 1. The molecule has 1 unspecified atom stereocenters. The molecule has 9 heteroatoms. The Bertz CT molecular complexity index is 744. The van der Waals surface area contributed by atoms with Crippen LogP contribution in [0.25, 0.3) is 5.65 Å². The van der Waals surface area contributed by atoms with Crippen LogP contribution in [-0.2, 0) is 4.74 Å². The van der Waals surface area contributed by atoms with Gasteiger partial charge in [0.25, 0.3) is 6.43 Å². The van der Waals surface area contributed by atoms with Crippen molar-refractivity contribution >= 4 is 11.5 Å². The summed E-state index contributed by atoms with van der Waals surface area (Å²) in [5.41, 5.74) is 0.252. The summed E-state index contributed by atoms with van der Waals surface area (Å²) in [5, 5.41) is 14.2. The molecule has 1 atom stereocenters. The van der Waals surface area contributed by atoms with E-state index in [1.54, 1.807) is 37.6 Å². The summed E-state index contributed by atoms with van der Waals surface area (Å²) in [7, 11) is 1.56. The van der Waals surface area contributed by atoms with E-state index >= 15 is 0 Å². The van der Waals surface area contributed by atoms with Crippen molar-refractivity contribution in [3.8, 4) is 0 Å². The molecule has 116 valence electrons.